The molecule has 1 aliphatic heterocycles. The number of carboxylic acid groups (broad SMARTS) is 1. The maximum Gasteiger partial charge on any atom is 0.330 e. The van der Waals surface area contributed by atoms with Crippen LogP contribution < -0.4 is 0 Å². The van der Waals surface area contributed by atoms with Crippen LogP contribution in [0.5, 0.6) is 0 Å². The van der Waals surface area contributed by atoms with Crippen molar-refractivity contribution < 1.29 is 14.6 Å². The highest BCUT2D eigenvalue weighted by atomic mass is 79.9. The van der Waals surface area contributed by atoms with Gasteiger partial charge in [0.15, 0.2) is 6.04 Å². The van der Waals surface area contributed by atoms with Crippen LogP contribution in [0.2, 0.25) is 0 Å². The third-order valence-electron chi connectivity index (χ3n) is 1.94. The molecule has 2 rings (SSSR count). The Labute approximate surface area is 82.4 Å². The van der Waals surface area contributed by atoms with Gasteiger partial charge in [0.25, 0.3) is 0 Å². The van der Waals surface area contributed by atoms with E-state index in [0.717, 1.165) is 10.2 Å². The number of aromatic nitrogens is 2. The van der Waals surface area contributed by atoms with Crippen molar-refractivity contribution in [1.82, 2.24) is 9.78 Å². The highest BCUT2D eigenvalue weighted by molar-refractivity contribution is 9.10. The van der Waals surface area contributed by atoms with Crippen molar-refractivity contribution in [1.29, 1.82) is 0 Å². The second-order valence-electron chi connectivity index (χ2n) is 2.75. The first-order valence-corrected chi connectivity index (χ1v) is 4.52. The summed E-state index contributed by atoms with van der Waals surface area (Å²) in [5.74, 6) is -0.920. The minimum absolute atomic E-state index is 0.177. The number of rotatable bonds is 1. The smallest absolute Gasteiger partial charge is 0.330 e. The Balaban J connectivity index is 2.43. The summed E-state index contributed by atoms with van der Waals surface area (Å²) in [5.41, 5.74) is 0.777. The molecule has 0 radical (unpaired) electrons. The highest BCUT2D eigenvalue weighted by Gasteiger charge is 2.28. The van der Waals surface area contributed by atoms with Crippen LogP contribution in [0.15, 0.2) is 10.7 Å². The summed E-state index contributed by atoms with van der Waals surface area (Å²) in [6.45, 7) is 0.584. The zero-order chi connectivity index (χ0) is 9.42. The quantitative estimate of drug-likeness (QED) is 0.797. The van der Waals surface area contributed by atoms with Gasteiger partial charge in [0.05, 0.1) is 29.6 Å². The molecule has 0 fully saturated rings. The summed E-state index contributed by atoms with van der Waals surface area (Å²) in [6, 6.07) is -0.699. The predicted octanol–water partition coefficient (Wildman–Crippen LogP) is 0.801. The van der Waals surface area contributed by atoms with Gasteiger partial charge in [-0.25, -0.2) is 9.48 Å². The Morgan fingerprint density at radius 2 is 2.62 bits per heavy atom. The van der Waals surface area contributed by atoms with Gasteiger partial charge in [-0.15, -0.1) is 0 Å². The molecule has 1 aromatic heterocycles. The van der Waals surface area contributed by atoms with Crippen LogP contribution in [0.4, 0.5) is 0 Å². The van der Waals surface area contributed by atoms with Crippen molar-refractivity contribution >= 4 is 21.9 Å². The predicted molar refractivity (Wildman–Crippen MR) is 46.3 cm³/mol. The molecule has 0 aromatic carbocycles. The van der Waals surface area contributed by atoms with Gasteiger partial charge in [0.1, 0.15) is 0 Å². The number of hydrogen-bond acceptors (Lipinski definition) is 3. The summed E-state index contributed by atoms with van der Waals surface area (Å²) in [7, 11) is 0. The van der Waals surface area contributed by atoms with E-state index in [1.165, 1.54) is 4.68 Å². The molecular formula is C7H7BrN2O3. The van der Waals surface area contributed by atoms with Crippen LogP contribution in [0.25, 0.3) is 0 Å². The van der Waals surface area contributed by atoms with Crippen molar-refractivity contribution in [3.05, 3.63) is 16.4 Å². The van der Waals surface area contributed by atoms with Gasteiger partial charge in [-0.05, 0) is 15.9 Å². The number of halogens is 1. The van der Waals surface area contributed by atoms with E-state index in [-0.39, 0.29) is 6.61 Å². The molecule has 1 aromatic rings. The van der Waals surface area contributed by atoms with Crippen LogP contribution in [0.1, 0.15) is 11.7 Å². The molecule has 1 unspecified atom stereocenters. The number of hydrogen-bond donors (Lipinski definition) is 1. The first-order valence-electron chi connectivity index (χ1n) is 3.72. The first-order chi connectivity index (χ1) is 6.20. The lowest BCUT2D eigenvalue weighted by molar-refractivity contribution is -0.145. The molecule has 0 aliphatic carbocycles. The fourth-order valence-electron chi connectivity index (χ4n) is 1.28. The molecule has 6 heteroatoms. The van der Waals surface area contributed by atoms with Gasteiger partial charge in [-0.3, -0.25) is 0 Å². The molecule has 0 saturated heterocycles. The standard InChI is InChI=1S/C7H7BrN2O3/c8-4-1-9-10-5(4)2-13-3-6(10)7(11)12/h1,6H,2-3H2,(H,11,12). The van der Waals surface area contributed by atoms with E-state index in [1.807, 2.05) is 0 Å². The zero-order valence-electron chi connectivity index (χ0n) is 6.61. The lowest BCUT2D eigenvalue weighted by Gasteiger charge is -2.21. The molecule has 0 amide bonds. The van der Waals surface area contributed by atoms with Crippen LogP contribution in [-0.4, -0.2) is 27.5 Å². The van der Waals surface area contributed by atoms with Crippen molar-refractivity contribution in [2.75, 3.05) is 6.61 Å². The Morgan fingerprint density at radius 1 is 1.85 bits per heavy atom. The van der Waals surface area contributed by atoms with Crippen LogP contribution >= 0.6 is 15.9 Å². The second kappa shape index (κ2) is 3.12. The number of ether oxygens (including phenoxy) is 1. The average molecular weight is 247 g/mol. The van der Waals surface area contributed by atoms with Crippen molar-refractivity contribution in [2.24, 2.45) is 0 Å². The lowest BCUT2D eigenvalue weighted by atomic mass is 10.3. The molecule has 13 heavy (non-hydrogen) atoms. The number of carbonyl (C=O) groups is 1. The summed E-state index contributed by atoms with van der Waals surface area (Å²) in [4.78, 5) is 10.8. The summed E-state index contributed by atoms with van der Waals surface area (Å²) in [6.07, 6.45) is 1.58. The molecule has 5 nitrogen and oxygen atoms in total. The van der Waals surface area contributed by atoms with E-state index in [0.29, 0.717) is 6.61 Å². The molecule has 1 aliphatic rings. The van der Waals surface area contributed by atoms with E-state index >= 15 is 0 Å². The van der Waals surface area contributed by atoms with E-state index in [1.54, 1.807) is 6.20 Å². The largest absolute Gasteiger partial charge is 0.480 e. The molecule has 0 bridgehead atoms. The Hall–Kier alpha value is -0.880. The summed E-state index contributed by atoms with van der Waals surface area (Å²) >= 11 is 3.27. The number of carboxylic acids is 1. The van der Waals surface area contributed by atoms with Gasteiger partial charge in [-0.2, -0.15) is 5.10 Å². The van der Waals surface area contributed by atoms with Crippen molar-refractivity contribution in [3.63, 3.8) is 0 Å². The minimum Gasteiger partial charge on any atom is -0.480 e. The van der Waals surface area contributed by atoms with E-state index in [2.05, 4.69) is 21.0 Å². The number of nitrogens with zero attached hydrogens (tertiary/aromatic N) is 2. The second-order valence-corrected chi connectivity index (χ2v) is 3.61. The number of aliphatic carboxylic acids is 1. The van der Waals surface area contributed by atoms with E-state index in [4.69, 9.17) is 9.84 Å². The van der Waals surface area contributed by atoms with E-state index < -0.39 is 12.0 Å². The number of fused-ring (bicyclic) bond motifs is 1. The molecule has 0 saturated carbocycles. The van der Waals surface area contributed by atoms with Crippen molar-refractivity contribution in [2.45, 2.75) is 12.6 Å². The normalized spacial score (nSPS) is 21.2. The molecule has 1 atom stereocenters. The third-order valence-corrected chi connectivity index (χ3v) is 2.60. The minimum atomic E-state index is -0.920. The zero-order valence-corrected chi connectivity index (χ0v) is 8.19. The molecule has 2 heterocycles. The Bertz CT molecular complexity index is 350. The van der Waals surface area contributed by atoms with Crippen molar-refractivity contribution in [3.8, 4) is 0 Å². The molecular weight excluding hydrogens is 240 g/mol. The van der Waals surface area contributed by atoms with Crippen LogP contribution in [-0.2, 0) is 16.1 Å². The molecule has 1 N–H and O–H groups in total. The van der Waals surface area contributed by atoms with Gasteiger partial charge in [0, 0.05) is 0 Å². The summed E-state index contributed by atoms with van der Waals surface area (Å²) < 4.78 is 7.41. The molecule has 70 valence electrons. The van der Waals surface area contributed by atoms with Crippen LogP contribution in [0, 0.1) is 0 Å². The summed E-state index contributed by atoms with van der Waals surface area (Å²) in [5, 5.41) is 12.8. The topological polar surface area (TPSA) is 64.3 Å². The van der Waals surface area contributed by atoms with Gasteiger partial charge < -0.3 is 9.84 Å². The Kier molecular flexibility index (Phi) is 2.09. The molecule has 0 spiro atoms. The first kappa shape index (κ1) is 8.71. The fraction of sp³-hybridized carbons (Fsp3) is 0.429. The fourth-order valence-corrected chi connectivity index (χ4v) is 1.67. The maximum absolute atomic E-state index is 10.8. The third kappa shape index (κ3) is 1.36. The maximum atomic E-state index is 10.8. The van der Waals surface area contributed by atoms with Gasteiger partial charge in [0.2, 0.25) is 0 Å². The van der Waals surface area contributed by atoms with E-state index in [9.17, 15) is 4.79 Å². The average Bonchev–Trinajstić information content (AvgIpc) is 2.48. The Morgan fingerprint density at radius 3 is 3.31 bits per heavy atom. The monoisotopic (exact) mass is 246 g/mol. The van der Waals surface area contributed by atoms with Crippen LogP contribution in [0.3, 0.4) is 0 Å². The van der Waals surface area contributed by atoms with Gasteiger partial charge in [-0.1, -0.05) is 0 Å². The SMILES string of the molecule is O=C(O)C1COCc2c(Br)cnn21. The lowest BCUT2D eigenvalue weighted by Crippen LogP contribution is -2.30. The highest BCUT2D eigenvalue weighted by Crippen LogP contribution is 2.24. The van der Waals surface area contributed by atoms with Gasteiger partial charge >= 0.3 is 5.97 Å².